The third-order valence-corrected chi connectivity index (χ3v) is 5.47. The Bertz CT molecular complexity index is 546. The highest BCUT2D eigenvalue weighted by Crippen LogP contribution is 2.48. The average Bonchev–Trinajstić information content (AvgIpc) is 3.11. The van der Waals surface area contributed by atoms with Gasteiger partial charge >= 0.3 is 0 Å². The van der Waals surface area contributed by atoms with Gasteiger partial charge in [-0.25, -0.2) is 0 Å². The number of rotatable bonds is 5. The standard InChI is InChI=1S/C19H27NO2/c1-19(2,14-8-4-5-9-14)20-18(21)17-12-16(17)13-7-6-10-15(11-13)22-3/h6-7,10-11,14,16-17H,4-5,8-9,12H2,1-3H3,(H,20,21). The molecule has 22 heavy (non-hydrogen) atoms. The minimum atomic E-state index is -0.0743. The molecule has 1 aromatic carbocycles. The van der Waals surface area contributed by atoms with Crippen LogP contribution in [-0.4, -0.2) is 18.6 Å². The van der Waals surface area contributed by atoms with Crippen LogP contribution in [0.15, 0.2) is 24.3 Å². The third kappa shape index (κ3) is 3.13. The fourth-order valence-corrected chi connectivity index (χ4v) is 3.89. The Hall–Kier alpha value is -1.51. The van der Waals surface area contributed by atoms with E-state index in [-0.39, 0.29) is 17.4 Å². The second-order valence-electron chi connectivity index (χ2n) is 7.42. The summed E-state index contributed by atoms with van der Waals surface area (Å²) < 4.78 is 5.28. The van der Waals surface area contributed by atoms with Crippen molar-refractivity contribution < 1.29 is 9.53 Å². The summed E-state index contributed by atoms with van der Waals surface area (Å²) in [7, 11) is 1.68. The van der Waals surface area contributed by atoms with Crippen molar-refractivity contribution in [3.63, 3.8) is 0 Å². The molecule has 0 spiro atoms. The largest absolute Gasteiger partial charge is 0.497 e. The van der Waals surface area contributed by atoms with Crippen LogP contribution in [0.3, 0.4) is 0 Å². The summed E-state index contributed by atoms with van der Waals surface area (Å²) in [6.07, 6.45) is 6.06. The zero-order valence-corrected chi connectivity index (χ0v) is 13.9. The molecule has 3 nitrogen and oxygen atoms in total. The van der Waals surface area contributed by atoms with Crippen LogP contribution in [0.4, 0.5) is 0 Å². The van der Waals surface area contributed by atoms with Gasteiger partial charge in [0.15, 0.2) is 0 Å². The molecule has 120 valence electrons. The van der Waals surface area contributed by atoms with E-state index in [2.05, 4.69) is 31.3 Å². The molecule has 2 unspecified atom stereocenters. The van der Waals surface area contributed by atoms with E-state index in [1.807, 2.05) is 12.1 Å². The predicted octanol–water partition coefficient (Wildman–Crippen LogP) is 3.88. The van der Waals surface area contributed by atoms with Gasteiger partial charge in [0.25, 0.3) is 0 Å². The van der Waals surface area contributed by atoms with Crippen LogP contribution < -0.4 is 10.1 Å². The molecule has 0 heterocycles. The van der Waals surface area contributed by atoms with E-state index in [9.17, 15) is 4.79 Å². The van der Waals surface area contributed by atoms with Crippen LogP contribution in [0.1, 0.15) is 57.4 Å². The molecular weight excluding hydrogens is 274 g/mol. The van der Waals surface area contributed by atoms with E-state index in [1.54, 1.807) is 7.11 Å². The van der Waals surface area contributed by atoms with E-state index >= 15 is 0 Å². The van der Waals surface area contributed by atoms with Gasteiger partial charge in [-0.3, -0.25) is 4.79 Å². The van der Waals surface area contributed by atoms with E-state index in [4.69, 9.17) is 4.74 Å². The summed E-state index contributed by atoms with van der Waals surface area (Å²) in [5, 5.41) is 3.32. The Morgan fingerprint density at radius 1 is 1.27 bits per heavy atom. The summed E-state index contributed by atoms with van der Waals surface area (Å²) in [5.74, 6) is 2.22. The lowest BCUT2D eigenvalue weighted by atomic mass is 9.86. The molecule has 2 aliphatic carbocycles. The van der Waals surface area contributed by atoms with Gasteiger partial charge in [0.05, 0.1) is 7.11 Å². The molecule has 0 aliphatic heterocycles. The maximum absolute atomic E-state index is 12.6. The zero-order valence-electron chi connectivity index (χ0n) is 13.9. The number of nitrogens with one attached hydrogen (secondary N) is 1. The maximum Gasteiger partial charge on any atom is 0.224 e. The first-order valence-electron chi connectivity index (χ1n) is 8.47. The number of hydrogen-bond acceptors (Lipinski definition) is 2. The first-order chi connectivity index (χ1) is 10.5. The highest BCUT2D eigenvalue weighted by Gasteiger charge is 2.46. The lowest BCUT2D eigenvalue weighted by Gasteiger charge is -2.33. The number of carbonyl (C=O) groups excluding carboxylic acids is 1. The lowest BCUT2D eigenvalue weighted by Crippen LogP contribution is -2.49. The summed E-state index contributed by atoms with van der Waals surface area (Å²) in [6, 6.07) is 8.11. The van der Waals surface area contributed by atoms with Gasteiger partial charge in [-0.05, 0) is 62.6 Å². The molecule has 0 aromatic heterocycles. The van der Waals surface area contributed by atoms with Crippen molar-refractivity contribution in [2.75, 3.05) is 7.11 Å². The maximum atomic E-state index is 12.6. The van der Waals surface area contributed by atoms with Crippen LogP contribution in [-0.2, 0) is 4.79 Å². The highest BCUT2D eigenvalue weighted by atomic mass is 16.5. The highest BCUT2D eigenvalue weighted by molar-refractivity contribution is 5.83. The smallest absolute Gasteiger partial charge is 0.224 e. The number of amides is 1. The Morgan fingerprint density at radius 3 is 2.68 bits per heavy atom. The molecule has 1 aromatic rings. The van der Waals surface area contributed by atoms with E-state index in [0.29, 0.717) is 11.8 Å². The van der Waals surface area contributed by atoms with Crippen LogP contribution in [0.2, 0.25) is 0 Å². The average molecular weight is 301 g/mol. The van der Waals surface area contributed by atoms with Crippen molar-refractivity contribution in [3.05, 3.63) is 29.8 Å². The molecule has 3 rings (SSSR count). The molecule has 0 saturated heterocycles. The Balaban J connectivity index is 1.60. The summed E-state index contributed by atoms with van der Waals surface area (Å²) >= 11 is 0. The van der Waals surface area contributed by atoms with Gasteiger partial charge in [-0.2, -0.15) is 0 Å². The Labute approximate surface area is 133 Å². The number of ether oxygens (including phenoxy) is 1. The monoisotopic (exact) mass is 301 g/mol. The Morgan fingerprint density at radius 2 is 2.00 bits per heavy atom. The fraction of sp³-hybridized carbons (Fsp3) is 0.632. The second-order valence-corrected chi connectivity index (χ2v) is 7.42. The van der Waals surface area contributed by atoms with Crippen molar-refractivity contribution in [1.82, 2.24) is 5.32 Å². The van der Waals surface area contributed by atoms with Gasteiger partial charge in [0.1, 0.15) is 5.75 Å². The predicted molar refractivity (Wildman–Crippen MR) is 88.0 cm³/mol. The topological polar surface area (TPSA) is 38.3 Å². The van der Waals surface area contributed by atoms with E-state index in [0.717, 1.165) is 12.2 Å². The zero-order chi connectivity index (χ0) is 15.7. The minimum absolute atomic E-state index is 0.0743. The van der Waals surface area contributed by atoms with Crippen molar-refractivity contribution >= 4 is 5.91 Å². The van der Waals surface area contributed by atoms with Crippen molar-refractivity contribution in [2.24, 2.45) is 11.8 Å². The van der Waals surface area contributed by atoms with Crippen molar-refractivity contribution in [1.29, 1.82) is 0 Å². The van der Waals surface area contributed by atoms with Gasteiger partial charge in [0, 0.05) is 11.5 Å². The van der Waals surface area contributed by atoms with Gasteiger partial charge < -0.3 is 10.1 Å². The Kier molecular flexibility index (Phi) is 4.16. The molecule has 1 N–H and O–H groups in total. The van der Waals surface area contributed by atoms with Crippen molar-refractivity contribution in [2.45, 2.75) is 57.4 Å². The van der Waals surface area contributed by atoms with Gasteiger partial charge in [-0.1, -0.05) is 25.0 Å². The molecule has 2 atom stereocenters. The third-order valence-electron chi connectivity index (χ3n) is 5.47. The molecule has 1 amide bonds. The SMILES string of the molecule is COc1cccc(C2CC2C(=O)NC(C)(C)C2CCCC2)c1. The van der Waals surface area contributed by atoms with E-state index in [1.165, 1.54) is 31.2 Å². The fourth-order valence-electron chi connectivity index (χ4n) is 3.89. The lowest BCUT2D eigenvalue weighted by molar-refractivity contribution is -0.124. The quantitative estimate of drug-likeness (QED) is 0.896. The first-order valence-corrected chi connectivity index (χ1v) is 8.47. The summed E-state index contributed by atoms with van der Waals surface area (Å²) in [5.41, 5.74) is 1.15. The molecule has 3 heteroatoms. The van der Waals surface area contributed by atoms with Crippen LogP contribution >= 0.6 is 0 Å². The van der Waals surface area contributed by atoms with Crippen LogP contribution in [0, 0.1) is 11.8 Å². The number of carbonyl (C=O) groups is 1. The molecule has 0 radical (unpaired) electrons. The minimum Gasteiger partial charge on any atom is -0.497 e. The van der Waals surface area contributed by atoms with Crippen molar-refractivity contribution in [3.8, 4) is 5.75 Å². The normalized spacial score (nSPS) is 25.0. The first kappa shape index (κ1) is 15.4. The number of benzene rings is 1. The number of hydrogen-bond donors (Lipinski definition) is 1. The molecule has 2 saturated carbocycles. The van der Waals surface area contributed by atoms with Crippen LogP contribution in [0.5, 0.6) is 5.75 Å². The number of methoxy groups -OCH3 is 1. The summed E-state index contributed by atoms with van der Waals surface area (Å²) in [6.45, 7) is 4.37. The molecular formula is C19H27NO2. The van der Waals surface area contributed by atoms with Gasteiger partial charge in [-0.15, -0.1) is 0 Å². The second kappa shape index (κ2) is 5.94. The van der Waals surface area contributed by atoms with Gasteiger partial charge in [0.2, 0.25) is 5.91 Å². The summed E-state index contributed by atoms with van der Waals surface area (Å²) in [4.78, 5) is 12.6. The molecule has 2 fully saturated rings. The van der Waals surface area contributed by atoms with E-state index < -0.39 is 0 Å². The van der Waals surface area contributed by atoms with Crippen LogP contribution in [0.25, 0.3) is 0 Å². The molecule has 0 bridgehead atoms. The molecule has 2 aliphatic rings.